The van der Waals surface area contributed by atoms with Crippen molar-refractivity contribution in [2.75, 3.05) is 12.3 Å². The summed E-state index contributed by atoms with van der Waals surface area (Å²) in [5.41, 5.74) is 5.64. The standard InChI is InChI=1S/C13H18N4O4/c1-6-3-17(11-8(6)10(14)15-5-16-11)12-13(2,20)9(19)7(4-18)21-12/h3,5,7,9,12,18-20H,4H2,1-2H3,(H2,14,15,16)/t7?,9-,12?,13?/m1/s1. The Morgan fingerprint density at radius 3 is 2.81 bits per heavy atom. The third-order valence-corrected chi connectivity index (χ3v) is 4.02. The van der Waals surface area contributed by atoms with Crippen LogP contribution in [0.25, 0.3) is 11.0 Å². The first-order chi connectivity index (χ1) is 9.87. The van der Waals surface area contributed by atoms with Crippen molar-refractivity contribution >= 4 is 16.9 Å². The van der Waals surface area contributed by atoms with Crippen LogP contribution in [0.4, 0.5) is 5.82 Å². The highest BCUT2D eigenvalue weighted by Gasteiger charge is 2.53. The molecule has 5 N–H and O–H groups in total. The van der Waals surface area contributed by atoms with Gasteiger partial charge in [0.2, 0.25) is 0 Å². The highest BCUT2D eigenvalue weighted by molar-refractivity contribution is 5.89. The lowest BCUT2D eigenvalue weighted by atomic mass is 9.96. The number of ether oxygens (including phenoxy) is 1. The number of aliphatic hydroxyl groups is 3. The molecule has 0 saturated carbocycles. The van der Waals surface area contributed by atoms with Crippen LogP contribution in [0, 0.1) is 6.92 Å². The smallest absolute Gasteiger partial charge is 0.167 e. The van der Waals surface area contributed by atoms with E-state index in [1.54, 1.807) is 10.8 Å². The molecule has 8 heteroatoms. The number of nitrogens with two attached hydrogens (primary N) is 1. The van der Waals surface area contributed by atoms with Gasteiger partial charge in [-0.15, -0.1) is 0 Å². The van der Waals surface area contributed by atoms with E-state index in [1.807, 2.05) is 6.92 Å². The van der Waals surface area contributed by atoms with Crippen molar-refractivity contribution in [3.8, 4) is 0 Å². The Balaban J connectivity index is 2.15. The average molecular weight is 294 g/mol. The number of fused-ring (bicyclic) bond motifs is 1. The van der Waals surface area contributed by atoms with Gasteiger partial charge in [-0.1, -0.05) is 0 Å². The first kappa shape index (κ1) is 14.2. The molecule has 4 atom stereocenters. The Morgan fingerprint density at radius 2 is 2.19 bits per heavy atom. The summed E-state index contributed by atoms with van der Waals surface area (Å²) in [7, 11) is 0. The van der Waals surface area contributed by atoms with Gasteiger partial charge in [0.15, 0.2) is 6.23 Å². The minimum absolute atomic E-state index is 0.341. The van der Waals surface area contributed by atoms with Gasteiger partial charge in [0, 0.05) is 6.20 Å². The van der Waals surface area contributed by atoms with Crippen LogP contribution in [-0.4, -0.2) is 54.3 Å². The Morgan fingerprint density at radius 1 is 1.48 bits per heavy atom. The van der Waals surface area contributed by atoms with Crippen LogP contribution in [0.3, 0.4) is 0 Å². The van der Waals surface area contributed by atoms with Crippen LogP contribution in [-0.2, 0) is 4.74 Å². The summed E-state index contributed by atoms with van der Waals surface area (Å²) in [6.07, 6.45) is 0.125. The normalized spacial score (nSPS) is 32.9. The molecular formula is C13H18N4O4. The molecule has 1 aliphatic rings. The SMILES string of the molecule is Cc1cn(C2OC(CO)[C@@H](O)C2(C)O)c2ncnc(N)c12. The summed E-state index contributed by atoms with van der Waals surface area (Å²) >= 11 is 0. The van der Waals surface area contributed by atoms with Crippen LogP contribution in [0.15, 0.2) is 12.5 Å². The summed E-state index contributed by atoms with van der Waals surface area (Å²) in [5.74, 6) is 0.341. The number of aromatic nitrogens is 3. The number of nitrogen functional groups attached to an aromatic ring is 1. The number of aryl methyl sites for hydroxylation is 1. The van der Waals surface area contributed by atoms with Crippen molar-refractivity contribution < 1.29 is 20.1 Å². The van der Waals surface area contributed by atoms with Gasteiger partial charge in [0.25, 0.3) is 0 Å². The predicted octanol–water partition coefficient (Wildman–Crippen LogP) is -0.676. The second-order valence-electron chi connectivity index (χ2n) is 5.56. The van der Waals surface area contributed by atoms with E-state index >= 15 is 0 Å². The Labute approximate surface area is 120 Å². The van der Waals surface area contributed by atoms with Crippen LogP contribution < -0.4 is 5.73 Å². The van der Waals surface area contributed by atoms with Crippen LogP contribution in [0.1, 0.15) is 18.7 Å². The number of anilines is 1. The maximum Gasteiger partial charge on any atom is 0.167 e. The summed E-state index contributed by atoms with van der Waals surface area (Å²) in [6.45, 7) is 2.93. The number of nitrogens with zero attached hydrogens (tertiary/aromatic N) is 3. The Kier molecular flexibility index (Phi) is 3.14. The molecule has 2 aromatic heterocycles. The lowest BCUT2D eigenvalue weighted by Crippen LogP contribution is -2.44. The maximum absolute atomic E-state index is 10.5. The zero-order valence-corrected chi connectivity index (χ0v) is 11.8. The highest BCUT2D eigenvalue weighted by atomic mass is 16.6. The molecule has 0 bridgehead atoms. The molecule has 1 fully saturated rings. The number of hydrogen-bond donors (Lipinski definition) is 4. The van der Waals surface area contributed by atoms with E-state index in [-0.39, 0.29) is 6.61 Å². The molecule has 3 rings (SSSR count). The molecule has 0 amide bonds. The third kappa shape index (κ3) is 1.91. The minimum Gasteiger partial charge on any atom is -0.394 e. The molecule has 0 spiro atoms. The van der Waals surface area contributed by atoms with Crippen molar-refractivity contribution in [1.82, 2.24) is 14.5 Å². The topological polar surface area (TPSA) is 127 Å². The fourth-order valence-electron chi connectivity index (χ4n) is 2.87. The van der Waals surface area contributed by atoms with Crippen molar-refractivity contribution in [2.45, 2.75) is 37.9 Å². The number of hydrogen-bond acceptors (Lipinski definition) is 7. The molecule has 0 aliphatic carbocycles. The van der Waals surface area contributed by atoms with Crippen molar-refractivity contribution in [1.29, 1.82) is 0 Å². The number of rotatable bonds is 2. The number of aliphatic hydroxyl groups excluding tert-OH is 2. The van der Waals surface area contributed by atoms with Gasteiger partial charge in [-0.25, -0.2) is 9.97 Å². The highest BCUT2D eigenvalue weighted by Crippen LogP contribution is 2.40. The maximum atomic E-state index is 10.5. The van der Waals surface area contributed by atoms with E-state index in [0.717, 1.165) is 5.56 Å². The molecule has 0 aromatic carbocycles. The van der Waals surface area contributed by atoms with Gasteiger partial charge in [-0.3, -0.25) is 0 Å². The minimum atomic E-state index is -1.56. The summed E-state index contributed by atoms with van der Waals surface area (Å²) in [5, 5.41) is 30.5. The molecule has 3 heterocycles. The van der Waals surface area contributed by atoms with Gasteiger partial charge in [0.1, 0.15) is 35.6 Å². The molecular weight excluding hydrogens is 276 g/mol. The van der Waals surface area contributed by atoms with Crippen LogP contribution in [0.2, 0.25) is 0 Å². The lowest BCUT2D eigenvalue weighted by molar-refractivity contribution is -0.0948. The van der Waals surface area contributed by atoms with Crippen molar-refractivity contribution in [3.63, 3.8) is 0 Å². The van der Waals surface area contributed by atoms with E-state index < -0.39 is 24.0 Å². The molecule has 114 valence electrons. The van der Waals surface area contributed by atoms with Crippen molar-refractivity contribution in [2.24, 2.45) is 0 Å². The third-order valence-electron chi connectivity index (χ3n) is 4.02. The van der Waals surface area contributed by atoms with Crippen LogP contribution in [0.5, 0.6) is 0 Å². The molecule has 21 heavy (non-hydrogen) atoms. The molecule has 8 nitrogen and oxygen atoms in total. The lowest BCUT2D eigenvalue weighted by Gasteiger charge is -2.27. The van der Waals surface area contributed by atoms with E-state index in [1.165, 1.54) is 13.3 Å². The Hall–Kier alpha value is -1.74. The van der Waals surface area contributed by atoms with Gasteiger partial charge in [-0.2, -0.15) is 0 Å². The zero-order chi connectivity index (χ0) is 15.4. The monoisotopic (exact) mass is 294 g/mol. The van der Waals surface area contributed by atoms with Gasteiger partial charge >= 0.3 is 0 Å². The van der Waals surface area contributed by atoms with Gasteiger partial charge < -0.3 is 30.4 Å². The van der Waals surface area contributed by atoms with Crippen LogP contribution >= 0.6 is 0 Å². The zero-order valence-electron chi connectivity index (χ0n) is 11.8. The van der Waals surface area contributed by atoms with E-state index in [4.69, 9.17) is 10.5 Å². The molecule has 1 saturated heterocycles. The van der Waals surface area contributed by atoms with Crippen molar-refractivity contribution in [3.05, 3.63) is 18.1 Å². The summed E-state index contributed by atoms with van der Waals surface area (Å²) in [6, 6.07) is 0. The Bertz CT molecular complexity index is 684. The fraction of sp³-hybridized carbons (Fsp3) is 0.538. The molecule has 3 unspecified atom stereocenters. The quantitative estimate of drug-likeness (QED) is 0.578. The summed E-state index contributed by atoms with van der Waals surface area (Å²) < 4.78 is 7.21. The van der Waals surface area contributed by atoms with E-state index in [9.17, 15) is 15.3 Å². The molecule has 0 radical (unpaired) electrons. The average Bonchev–Trinajstić information content (AvgIpc) is 2.87. The van der Waals surface area contributed by atoms with E-state index in [2.05, 4.69) is 9.97 Å². The predicted molar refractivity (Wildman–Crippen MR) is 74.3 cm³/mol. The second kappa shape index (κ2) is 4.63. The first-order valence-electron chi connectivity index (χ1n) is 6.62. The summed E-state index contributed by atoms with van der Waals surface area (Å²) in [4.78, 5) is 8.14. The van der Waals surface area contributed by atoms with Gasteiger partial charge in [-0.05, 0) is 19.4 Å². The fourth-order valence-corrected chi connectivity index (χ4v) is 2.87. The van der Waals surface area contributed by atoms with E-state index in [0.29, 0.717) is 16.9 Å². The van der Waals surface area contributed by atoms with Gasteiger partial charge in [0.05, 0.1) is 12.0 Å². The largest absolute Gasteiger partial charge is 0.394 e. The molecule has 1 aliphatic heterocycles. The second-order valence-corrected chi connectivity index (χ2v) is 5.56. The first-order valence-corrected chi connectivity index (χ1v) is 6.62. The molecule has 2 aromatic rings.